The molecule has 0 aliphatic carbocycles. The van der Waals surface area contributed by atoms with Gasteiger partial charge in [0.15, 0.2) is 0 Å². The first-order valence-corrected chi connectivity index (χ1v) is 11.0. The van der Waals surface area contributed by atoms with E-state index in [2.05, 4.69) is 16.4 Å². The summed E-state index contributed by atoms with van der Waals surface area (Å²) in [4.78, 5) is 18.7. The second-order valence-corrected chi connectivity index (χ2v) is 8.34. The van der Waals surface area contributed by atoms with Crippen molar-refractivity contribution in [2.45, 2.75) is 25.2 Å². The fourth-order valence-corrected chi connectivity index (χ4v) is 4.39. The van der Waals surface area contributed by atoms with Crippen LogP contribution in [-0.4, -0.2) is 35.5 Å². The van der Waals surface area contributed by atoms with Crippen LogP contribution in [0.5, 0.6) is 0 Å². The molecular weight excluding hydrogens is 408 g/mol. The first kappa shape index (κ1) is 21.9. The summed E-state index contributed by atoms with van der Waals surface area (Å²) in [6.45, 7) is 1.96. The molecule has 6 heteroatoms. The van der Waals surface area contributed by atoms with Crippen LogP contribution in [0.15, 0.2) is 73.1 Å². The Labute approximate surface area is 187 Å². The lowest BCUT2D eigenvalue weighted by Crippen LogP contribution is -2.39. The molecule has 166 valence electrons. The number of halogens is 2. The minimum absolute atomic E-state index is 0.0596. The molecule has 2 aromatic carbocycles. The maximum absolute atomic E-state index is 13.4. The predicted octanol–water partition coefficient (Wildman–Crippen LogP) is 5.16. The van der Waals surface area contributed by atoms with E-state index in [0.29, 0.717) is 18.9 Å². The van der Waals surface area contributed by atoms with E-state index in [0.717, 1.165) is 37.1 Å². The molecule has 1 N–H and O–H groups in total. The van der Waals surface area contributed by atoms with Gasteiger partial charge < -0.3 is 10.2 Å². The lowest BCUT2D eigenvalue weighted by atomic mass is 9.88. The number of rotatable bonds is 7. The Morgan fingerprint density at radius 2 is 1.69 bits per heavy atom. The summed E-state index contributed by atoms with van der Waals surface area (Å²) in [6, 6.07) is 16.6. The zero-order valence-electron chi connectivity index (χ0n) is 17.9. The van der Waals surface area contributed by atoms with E-state index in [-0.39, 0.29) is 23.6 Å². The molecule has 2 heterocycles. The van der Waals surface area contributed by atoms with E-state index in [4.69, 9.17) is 0 Å². The van der Waals surface area contributed by atoms with Crippen molar-refractivity contribution in [3.05, 3.63) is 101 Å². The van der Waals surface area contributed by atoms with Crippen LogP contribution in [-0.2, 0) is 6.42 Å². The second-order valence-electron chi connectivity index (χ2n) is 8.34. The highest BCUT2D eigenvalue weighted by atomic mass is 19.1. The van der Waals surface area contributed by atoms with Crippen molar-refractivity contribution in [3.63, 3.8) is 0 Å². The highest BCUT2D eigenvalue weighted by Crippen LogP contribution is 2.28. The van der Waals surface area contributed by atoms with E-state index in [9.17, 15) is 13.6 Å². The molecule has 32 heavy (non-hydrogen) atoms. The molecule has 1 fully saturated rings. The molecule has 0 bridgehead atoms. The number of aromatic nitrogens is 1. The summed E-state index contributed by atoms with van der Waals surface area (Å²) in [5.74, 6) is -0.214. The predicted molar refractivity (Wildman–Crippen MR) is 120 cm³/mol. The quantitative estimate of drug-likeness (QED) is 0.557. The lowest BCUT2D eigenvalue weighted by molar-refractivity contribution is 0.207. The van der Waals surface area contributed by atoms with Crippen LogP contribution in [0.25, 0.3) is 0 Å². The molecular formula is C26H27F2N3O. The smallest absolute Gasteiger partial charge is 0.317 e. The van der Waals surface area contributed by atoms with Gasteiger partial charge in [-0.3, -0.25) is 4.98 Å². The number of pyridine rings is 1. The highest BCUT2D eigenvalue weighted by molar-refractivity contribution is 5.74. The number of benzene rings is 2. The summed E-state index contributed by atoms with van der Waals surface area (Å²) in [6.07, 6.45) is 6.19. The summed E-state index contributed by atoms with van der Waals surface area (Å²) in [7, 11) is 0. The fraction of sp³-hybridized carbons (Fsp3) is 0.308. The van der Waals surface area contributed by atoms with Crippen LogP contribution in [0.4, 0.5) is 13.6 Å². The number of amides is 2. The Hall–Kier alpha value is -3.28. The molecule has 1 aliphatic heterocycles. The molecule has 2 amide bonds. The number of likely N-dealkylation sites (tertiary alicyclic amines) is 1. The van der Waals surface area contributed by atoms with E-state index in [1.54, 1.807) is 30.5 Å². The van der Waals surface area contributed by atoms with Gasteiger partial charge in [-0.05, 0) is 72.2 Å². The zero-order chi connectivity index (χ0) is 22.3. The second kappa shape index (κ2) is 10.4. The Kier molecular flexibility index (Phi) is 7.10. The minimum Gasteiger partial charge on any atom is -0.338 e. The van der Waals surface area contributed by atoms with Crippen LogP contribution in [0.2, 0.25) is 0 Å². The van der Waals surface area contributed by atoms with Gasteiger partial charge in [0, 0.05) is 37.9 Å². The first-order chi connectivity index (χ1) is 15.6. The average Bonchev–Trinajstić information content (AvgIpc) is 3.27. The molecule has 1 unspecified atom stereocenters. The van der Waals surface area contributed by atoms with E-state index < -0.39 is 0 Å². The Morgan fingerprint density at radius 1 is 1.03 bits per heavy atom. The molecule has 1 saturated heterocycles. The van der Waals surface area contributed by atoms with Crippen LogP contribution < -0.4 is 5.32 Å². The summed E-state index contributed by atoms with van der Waals surface area (Å²) in [5, 5.41) is 3.03. The van der Waals surface area contributed by atoms with Gasteiger partial charge in [-0.1, -0.05) is 30.3 Å². The van der Waals surface area contributed by atoms with Crippen molar-refractivity contribution >= 4 is 6.03 Å². The van der Waals surface area contributed by atoms with Crippen LogP contribution in [0, 0.1) is 17.6 Å². The third-order valence-electron chi connectivity index (χ3n) is 6.07. The molecule has 1 aliphatic rings. The highest BCUT2D eigenvalue weighted by Gasteiger charge is 2.26. The molecule has 4 nitrogen and oxygen atoms in total. The average molecular weight is 436 g/mol. The first-order valence-electron chi connectivity index (χ1n) is 11.0. The fourth-order valence-electron chi connectivity index (χ4n) is 4.39. The molecule has 1 atom stereocenters. The minimum atomic E-state index is -0.296. The third kappa shape index (κ3) is 5.69. The molecule has 0 spiro atoms. The monoisotopic (exact) mass is 435 g/mol. The Morgan fingerprint density at radius 3 is 2.28 bits per heavy atom. The van der Waals surface area contributed by atoms with Crippen LogP contribution in [0.3, 0.4) is 0 Å². The van der Waals surface area contributed by atoms with Crippen molar-refractivity contribution in [3.8, 4) is 0 Å². The number of hydrogen-bond acceptors (Lipinski definition) is 2. The normalized spacial score (nSPS) is 15.8. The van der Waals surface area contributed by atoms with E-state index >= 15 is 0 Å². The van der Waals surface area contributed by atoms with E-state index in [1.807, 2.05) is 17.2 Å². The van der Waals surface area contributed by atoms with Crippen LogP contribution in [0.1, 0.15) is 35.4 Å². The number of carbonyl (C=O) groups is 1. The molecule has 1 aromatic heterocycles. The van der Waals surface area contributed by atoms with Gasteiger partial charge in [0.25, 0.3) is 0 Å². The SMILES string of the molecule is O=C(NCCC(c1ccc(F)cc1)c1ccc(F)cc1)N1CCC(Cc2cccnc2)C1. The number of nitrogens with one attached hydrogen (secondary N) is 1. The topological polar surface area (TPSA) is 45.2 Å². The van der Waals surface area contributed by atoms with Gasteiger partial charge in [-0.15, -0.1) is 0 Å². The van der Waals surface area contributed by atoms with Crippen LogP contribution >= 0.6 is 0 Å². The van der Waals surface area contributed by atoms with Gasteiger partial charge in [0.05, 0.1) is 0 Å². The van der Waals surface area contributed by atoms with Crippen molar-refractivity contribution in [2.24, 2.45) is 5.92 Å². The molecule has 0 radical (unpaired) electrons. The van der Waals surface area contributed by atoms with Gasteiger partial charge in [-0.2, -0.15) is 0 Å². The number of carbonyl (C=O) groups excluding carboxylic acids is 1. The lowest BCUT2D eigenvalue weighted by Gasteiger charge is -2.21. The summed E-state index contributed by atoms with van der Waals surface area (Å²) >= 11 is 0. The Bertz CT molecular complexity index is 964. The van der Waals surface area contributed by atoms with Gasteiger partial charge in [0.1, 0.15) is 11.6 Å². The summed E-state index contributed by atoms with van der Waals surface area (Å²) < 4.78 is 26.8. The summed E-state index contributed by atoms with van der Waals surface area (Å²) in [5.41, 5.74) is 3.07. The van der Waals surface area contributed by atoms with Crippen molar-refractivity contribution in [1.29, 1.82) is 0 Å². The van der Waals surface area contributed by atoms with E-state index in [1.165, 1.54) is 29.8 Å². The Balaban J connectivity index is 1.33. The largest absolute Gasteiger partial charge is 0.338 e. The molecule has 3 aromatic rings. The maximum atomic E-state index is 13.4. The number of nitrogens with zero attached hydrogens (tertiary/aromatic N) is 2. The van der Waals surface area contributed by atoms with Crippen molar-refractivity contribution in [2.75, 3.05) is 19.6 Å². The molecule has 4 rings (SSSR count). The maximum Gasteiger partial charge on any atom is 0.317 e. The number of urea groups is 1. The standard InChI is InChI=1S/C26H27F2N3O/c27-23-7-3-21(4-8-23)25(22-5-9-24(28)10-6-22)11-14-30-26(32)31-15-12-20(18-31)16-19-2-1-13-29-17-19/h1-10,13,17,20,25H,11-12,14-16,18H2,(H,30,32). The molecule has 0 saturated carbocycles. The number of hydrogen-bond donors (Lipinski definition) is 1. The zero-order valence-corrected chi connectivity index (χ0v) is 17.9. The van der Waals surface area contributed by atoms with Crippen molar-refractivity contribution in [1.82, 2.24) is 15.2 Å². The van der Waals surface area contributed by atoms with Gasteiger partial charge >= 0.3 is 6.03 Å². The van der Waals surface area contributed by atoms with Gasteiger partial charge in [0.2, 0.25) is 0 Å². The van der Waals surface area contributed by atoms with Crippen molar-refractivity contribution < 1.29 is 13.6 Å². The van der Waals surface area contributed by atoms with Gasteiger partial charge in [-0.25, -0.2) is 13.6 Å². The third-order valence-corrected chi connectivity index (χ3v) is 6.07.